The number of hydrogen-bond donors (Lipinski definition) is 2. The van der Waals surface area contributed by atoms with Crippen LogP contribution in [0.5, 0.6) is 0 Å². The van der Waals surface area contributed by atoms with Gasteiger partial charge in [0.05, 0.1) is 6.54 Å². The zero-order chi connectivity index (χ0) is 23.4. The standard InChI is InChI=1S/C25H30N6O2/c1-29(2)17-23-27-10-11-30(23)21-6-8-22(9-7-21)31-16-19(13-24(31)32)15-28-25(33)20-5-3-4-18(12-20)14-26/h3-12,19H,13-17,26H2,1-2H3,(H,28,33). The number of nitrogens with one attached hydrogen (secondary N) is 1. The van der Waals surface area contributed by atoms with E-state index < -0.39 is 0 Å². The summed E-state index contributed by atoms with van der Waals surface area (Å²) in [6.07, 6.45) is 4.15. The third-order valence-corrected chi connectivity index (χ3v) is 5.80. The zero-order valence-electron chi connectivity index (χ0n) is 19.1. The normalized spacial score (nSPS) is 15.9. The molecule has 2 heterocycles. The fourth-order valence-corrected chi connectivity index (χ4v) is 4.11. The van der Waals surface area contributed by atoms with E-state index in [4.69, 9.17) is 5.73 Å². The van der Waals surface area contributed by atoms with Gasteiger partial charge in [0.1, 0.15) is 5.82 Å². The minimum Gasteiger partial charge on any atom is -0.352 e. The molecule has 1 unspecified atom stereocenters. The van der Waals surface area contributed by atoms with Crippen LogP contribution in [0.25, 0.3) is 5.69 Å². The van der Waals surface area contributed by atoms with E-state index in [1.54, 1.807) is 23.2 Å². The Morgan fingerprint density at radius 1 is 1.18 bits per heavy atom. The van der Waals surface area contributed by atoms with Crippen LogP contribution in [-0.4, -0.2) is 53.5 Å². The van der Waals surface area contributed by atoms with Crippen molar-refractivity contribution in [1.82, 2.24) is 19.8 Å². The van der Waals surface area contributed by atoms with Crippen molar-refractivity contribution < 1.29 is 9.59 Å². The molecule has 0 spiro atoms. The molecule has 1 aromatic heterocycles. The largest absolute Gasteiger partial charge is 0.352 e. The summed E-state index contributed by atoms with van der Waals surface area (Å²) in [5.74, 6) is 0.953. The Balaban J connectivity index is 1.37. The molecular formula is C25H30N6O2. The van der Waals surface area contributed by atoms with Crippen LogP contribution < -0.4 is 16.0 Å². The average Bonchev–Trinajstić information content (AvgIpc) is 3.43. The predicted octanol–water partition coefficient (Wildman–Crippen LogP) is 2.18. The molecule has 3 aromatic rings. The van der Waals surface area contributed by atoms with Gasteiger partial charge in [-0.05, 0) is 56.1 Å². The highest BCUT2D eigenvalue weighted by Crippen LogP contribution is 2.26. The molecule has 1 fully saturated rings. The molecule has 33 heavy (non-hydrogen) atoms. The highest BCUT2D eigenvalue weighted by Gasteiger charge is 2.30. The first-order valence-corrected chi connectivity index (χ1v) is 11.1. The third-order valence-electron chi connectivity index (χ3n) is 5.80. The number of nitrogens with two attached hydrogens (primary N) is 1. The molecule has 8 nitrogen and oxygen atoms in total. The van der Waals surface area contributed by atoms with Gasteiger partial charge < -0.3 is 25.4 Å². The van der Waals surface area contributed by atoms with Crippen molar-refractivity contribution in [2.45, 2.75) is 19.5 Å². The molecule has 3 N–H and O–H groups in total. The Bertz CT molecular complexity index is 1120. The van der Waals surface area contributed by atoms with Crippen LogP contribution in [0.4, 0.5) is 5.69 Å². The Labute approximate surface area is 194 Å². The van der Waals surface area contributed by atoms with E-state index in [1.165, 1.54) is 0 Å². The van der Waals surface area contributed by atoms with Gasteiger partial charge in [-0.2, -0.15) is 0 Å². The fraction of sp³-hybridized carbons (Fsp3) is 0.320. The van der Waals surface area contributed by atoms with Crippen LogP contribution in [0.15, 0.2) is 60.9 Å². The van der Waals surface area contributed by atoms with Crippen LogP contribution in [0.1, 0.15) is 28.2 Å². The highest BCUT2D eigenvalue weighted by atomic mass is 16.2. The van der Waals surface area contributed by atoms with Crippen LogP contribution in [-0.2, 0) is 17.9 Å². The quantitative estimate of drug-likeness (QED) is 0.553. The first-order valence-electron chi connectivity index (χ1n) is 11.1. The molecule has 2 amide bonds. The first kappa shape index (κ1) is 22.7. The second-order valence-electron chi connectivity index (χ2n) is 8.66. The van der Waals surface area contributed by atoms with Crippen LogP contribution in [0, 0.1) is 5.92 Å². The number of nitrogens with zero attached hydrogens (tertiary/aromatic N) is 4. The van der Waals surface area contributed by atoms with Gasteiger partial charge >= 0.3 is 0 Å². The Morgan fingerprint density at radius 3 is 2.67 bits per heavy atom. The lowest BCUT2D eigenvalue weighted by Crippen LogP contribution is -2.31. The highest BCUT2D eigenvalue weighted by molar-refractivity contribution is 5.96. The van der Waals surface area contributed by atoms with E-state index in [0.29, 0.717) is 31.6 Å². The summed E-state index contributed by atoms with van der Waals surface area (Å²) in [6, 6.07) is 15.2. The van der Waals surface area contributed by atoms with Crippen LogP contribution >= 0.6 is 0 Å². The van der Waals surface area contributed by atoms with E-state index >= 15 is 0 Å². The van der Waals surface area contributed by atoms with Crippen molar-refractivity contribution in [2.75, 3.05) is 32.1 Å². The molecule has 4 rings (SSSR count). The third kappa shape index (κ3) is 5.30. The monoisotopic (exact) mass is 446 g/mol. The number of carbonyl (C=O) groups is 2. The molecule has 1 aliphatic heterocycles. The number of benzene rings is 2. The molecule has 1 aliphatic rings. The van der Waals surface area contributed by atoms with Crippen molar-refractivity contribution in [3.63, 3.8) is 0 Å². The van der Waals surface area contributed by atoms with Crippen molar-refractivity contribution in [1.29, 1.82) is 0 Å². The number of imidazole rings is 1. The maximum atomic E-state index is 12.7. The lowest BCUT2D eigenvalue weighted by atomic mass is 10.1. The summed E-state index contributed by atoms with van der Waals surface area (Å²) in [7, 11) is 4.02. The van der Waals surface area contributed by atoms with Crippen molar-refractivity contribution in [2.24, 2.45) is 11.7 Å². The number of anilines is 1. The molecule has 1 atom stereocenters. The molecule has 2 aromatic carbocycles. The smallest absolute Gasteiger partial charge is 0.251 e. The number of rotatable bonds is 8. The van der Waals surface area contributed by atoms with Gasteiger partial charge in [-0.25, -0.2) is 4.98 Å². The summed E-state index contributed by atoms with van der Waals surface area (Å²) >= 11 is 0. The van der Waals surface area contributed by atoms with E-state index in [1.807, 2.05) is 61.3 Å². The first-order chi connectivity index (χ1) is 15.9. The number of carbonyl (C=O) groups excluding carboxylic acids is 2. The average molecular weight is 447 g/mol. The molecular weight excluding hydrogens is 416 g/mol. The predicted molar refractivity (Wildman–Crippen MR) is 128 cm³/mol. The van der Waals surface area contributed by atoms with Crippen LogP contribution in [0.2, 0.25) is 0 Å². The molecule has 0 radical (unpaired) electrons. The molecule has 8 heteroatoms. The topological polar surface area (TPSA) is 96.5 Å². The number of amides is 2. The van der Waals surface area contributed by atoms with E-state index in [2.05, 4.69) is 15.2 Å². The van der Waals surface area contributed by atoms with Gasteiger partial charge in [0.25, 0.3) is 5.91 Å². The molecule has 1 saturated heterocycles. The SMILES string of the molecule is CN(C)Cc1nccn1-c1ccc(N2CC(CNC(=O)c3cccc(CN)c3)CC2=O)cc1. The van der Waals surface area contributed by atoms with Crippen molar-refractivity contribution >= 4 is 17.5 Å². The van der Waals surface area contributed by atoms with Gasteiger partial charge in [0, 0.05) is 61.3 Å². The molecule has 172 valence electrons. The van der Waals surface area contributed by atoms with Crippen molar-refractivity contribution in [3.05, 3.63) is 77.9 Å². The van der Waals surface area contributed by atoms with E-state index in [0.717, 1.165) is 29.3 Å². The zero-order valence-corrected chi connectivity index (χ0v) is 19.1. The summed E-state index contributed by atoms with van der Waals surface area (Å²) in [6.45, 7) is 2.17. The second kappa shape index (κ2) is 9.97. The summed E-state index contributed by atoms with van der Waals surface area (Å²) in [4.78, 5) is 33.4. The lowest BCUT2D eigenvalue weighted by Gasteiger charge is -2.18. The fourth-order valence-electron chi connectivity index (χ4n) is 4.11. The molecule has 0 aliphatic carbocycles. The lowest BCUT2D eigenvalue weighted by molar-refractivity contribution is -0.117. The minimum atomic E-state index is -0.144. The maximum absolute atomic E-state index is 12.7. The van der Waals surface area contributed by atoms with E-state index in [-0.39, 0.29) is 17.7 Å². The Morgan fingerprint density at radius 2 is 1.94 bits per heavy atom. The summed E-state index contributed by atoms with van der Waals surface area (Å²) in [5, 5.41) is 2.96. The van der Waals surface area contributed by atoms with Crippen molar-refractivity contribution in [3.8, 4) is 5.69 Å². The van der Waals surface area contributed by atoms with Gasteiger partial charge in [0.2, 0.25) is 5.91 Å². The second-order valence-corrected chi connectivity index (χ2v) is 8.66. The minimum absolute atomic E-state index is 0.0687. The Kier molecular flexibility index (Phi) is 6.86. The molecule has 0 bridgehead atoms. The number of hydrogen-bond acceptors (Lipinski definition) is 5. The van der Waals surface area contributed by atoms with Gasteiger partial charge in [-0.3, -0.25) is 9.59 Å². The maximum Gasteiger partial charge on any atom is 0.251 e. The van der Waals surface area contributed by atoms with Gasteiger partial charge in [-0.1, -0.05) is 12.1 Å². The van der Waals surface area contributed by atoms with E-state index in [9.17, 15) is 9.59 Å². The summed E-state index contributed by atoms with van der Waals surface area (Å²) < 4.78 is 2.05. The summed E-state index contributed by atoms with van der Waals surface area (Å²) in [5.41, 5.74) is 9.03. The molecule has 0 saturated carbocycles. The Hall–Kier alpha value is -3.49. The number of aromatic nitrogens is 2. The van der Waals surface area contributed by atoms with Crippen LogP contribution in [0.3, 0.4) is 0 Å². The van der Waals surface area contributed by atoms with Gasteiger partial charge in [-0.15, -0.1) is 0 Å². The van der Waals surface area contributed by atoms with Gasteiger partial charge in [0.15, 0.2) is 0 Å².